The zero-order valence-electron chi connectivity index (χ0n) is 12.2. The molecular weight excluding hydrogens is 254 g/mol. The van der Waals surface area contributed by atoms with Gasteiger partial charge in [0.25, 0.3) is 0 Å². The normalized spacial score (nSPS) is 33.3. The zero-order valence-corrected chi connectivity index (χ0v) is 13.0. The van der Waals surface area contributed by atoms with Gasteiger partial charge in [0.1, 0.15) is 0 Å². The molecule has 2 saturated heterocycles. The highest BCUT2D eigenvalue weighted by Crippen LogP contribution is 2.34. The van der Waals surface area contributed by atoms with Crippen molar-refractivity contribution in [1.29, 1.82) is 0 Å². The van der Waals surface area contributed by atoms with Crippen molar-refractivity contribution in [1.82, 2.24) is 15.2 Å². The van der Waals surface area contributed by atoms with E-state index < -0.39 is 0 Å². The van der Waals surface area contributed by atoms with Crippen molar-refractivity contribution in [2.45, 2.75) is 70.1 Å². The van der Waals surface area contributed by atoms with Crippen molar-refractivity contribution in [2.24, 2.45) is 0 Å². The summed E-state index contributed by atoms with van der Waals surface area (Å²) >= 11 is 1.78. The molecule has 0 amide bonds. The highest BCUT2D eigenvalue weighted by Gasteiger charge is 2.36. The molecule has 3 nitrogen and oxygen atoms in total. The summed E-state index contributed by atoms with van der Waals surface area (Å²) in [6, 6.07) is 2.74. The Morgan fingerprint density at radius 2 is 2.05 bits per heavy atom. The quantitative estimate of drug-likeness (QED) is 0.921. The monoisotopic (exact) mass is 279 g/mol. The number of fused-ring (bicyclic) bond motifs is 2. The van der Waals surface area contributed by atoms with E-state index in [1.807, 2.05) is 5.51 Å². The van der Waals surface area contributed by atoms with E-state index in [1.165, 1.54) is 42.7 Å². The van der Waals surface area contributed by atoms with Crippen LogP contribution in [0.1, 0.15) is 55.6 Å². The Morgan fingerprint density at radius 1 is 1.37 bits per heavy atom. The molecule has 3 unspecified atom stereocenters. The fourth-order valence-corrected chi connectivity index (χ4v) is 4.73. The Balaban J connectivity index is 1.63. The number of rotatable bonds is 3. The molecule has 1 aromatic rings. The molecule has 4 heteroatoms. The third-order valence-electron chi connectivity index (χ3n) is 5.00. The number of hydrogen-bond donors (Lipinski definition) is 1. The van der Waals surface area contributed by atoms with Crippen LogP contribution in [-0.4, -0.2) is 35.1 Å². The van der Waals surface area contributed by atoms with E-state index in [1.54, 1.807) is 11.3 Å². The summed E-state index contributed by atoms with van der Waals surface area (Å²) in [5.74, 6) is 0. The second-order valence-corrected chi connectivity index (χ2v) is 7.15. The van der Waals surface area contributed by atoms with Gasteiger partial charge in [0.05, 0.1) is 11.2 Å². The third-order valence-corrected chi connectivity index (χ3v) is 6.12. The molecule has 1 N–H and O–H groups in total. The van der Waals surface area contributed by atoms with Gasteiger partial charge in [-0.3, -0.25) is 0 Å². The Kier molecular flexibility index (Phi) is 3.92. The summed E-state index contributed by atoms with van der Waals surface area (Å²) in [5.41, 5.74) is 3.16. The Hall–Kier alpha value is -0.450. The lowest BCUT2D eigenvalue weighted by Crippen LogP contribution is -2.54. The van der Waals surface area contributed by atoms with Gasteiger partial charge in [-0.25, -0.2) is 4.98 Å². The van der Waals surface area contributed by atoms with E-state index in [9.17, 15) is 0 Å². The van der Waals surface area contributed by atoms with Crippen LogP contribution in [0, 0.1) is 6.92 Å². The second kappa shape index (κ2) is 5.51. The van der Waals surface area contributed by atoms with E-state index in [-0.39, 0.29) is 0 Å². The number of nitrogens with zero attached hydrogens (tertiary/aromatic N) is 2. The molecule has 2 bridgehead atoms. The van der Waals surface area contributed by atoms with Crippen LogP contribution in [0.3, 0.4) is 0 Å². The van der Waals surface area contributed by atoms with E-state index in [0.717, 1.165) is 12.1 Å². The summed E-state index contributed by atoms with van der Waals surface area (Å²) < 4.78 is 0. The van der Waals surface area contributed by atoms with Crippen molar-refractivity contribution >= 4 is 11.3 Å². The van der Waals surface area contributed by atoms with Crippen LogP contribution < -0.4 is 5.32 Å². The minimum atomic E-state index is 0.446. The van der Waals surface area contributed by atoms with Gasteiger partial charge >= 0.3 is 0 Å². The maximum absolute atomic E-state index is 4.37. The number of piperidine rings is 2. The fraction of sp³-hybridized carbons (Fsp3) is 0.800. The molecule has 0 saturated carbocycles. The molecule has 0 radical (unpaired) electrons. The SMILES string of the molecule is Cc1ncsc1C(C)NC1CC2CCCC(C1)N2C. The molecule has 0 aromatic carbocycles. The van der Waals surface area contributed by atoms with Crippen LogP contribution in [0.25, 0.3) is 0 Å². The second-order valence-electron chi connectivity index (χ2n) is 6.26. The standard InChI is InChI=1S/C15H25N3S/c1-10-15(19-9-16-10)11(2)17-12-7-13-5-4-6-14(8-12)18(13)3/h9,11-14,17H,4-8H2,1-3H3. The van der Waals surface area contributed by atoms with E-state index in [0.29, 0.717) is 12.1 Å². The predicted octanol–water partition coefficient (Wildman–Crippen LogP) is 3.12. The maximum atomic E-state index is 4.37. The van der Waals surface area contributed by atoms with Crippen LogP contribution in [0.4, 0.5) is 0 Å². The minimum absolute atomic E-state index is 0.446. The van der Waals surface area contributed by atoms with Gasteiger partial charge in [-0.15, -0.1) is 11.3 Å². The van der Waals surface area contributed by atoms with Gasteiger partial charge in [-0.1, -0.05) is 6.42 Å². The molecule has 2 aliphatic heterocycles. The first-order valence-corrected chi connectivity index (χ1v) is 8.41. The summed E-state index contributed by atoms with van der Waals surface area (Å²) in [4.78, 5) is 8.41. The lowest BCUT2D eigenvalue weighted by atomic mass is 9.82. The van der Waals surface area contributed by atoms with Gasteiger partial charge in [0.15, 0.2) is 0 Å². The topological polar surface area (TPSA) is 28.2 Å². The number of hydrogen-bond acceptors (Lipinski definition) is 4. The van der Waals surface area contributed by atoms with Crippen LogP contribution in [0.5, 0.6) is 0 Å². The smallest absolute Gasteiger partial charge is 0.0798 e. The molecule has 106 valence electrons. The van der Waals surface area contributed by atoms with Gasteiger partial charge in [-0.2, -0.15) is 0 Å². The van der Waals surface area contributed by atoms with Crippen LogP contribution >= 0.6 is 11.3 Å². The first-order chi connectivity index (χ1) is 9.15. The minimum Gasteiger partial charge on any atom is -0.306 e. The largest absolute Gasteiger partial charge is 0.306 e. The van der Waals surface area contributed by atoms with Crippen LogP contribution in [0.2, 0.25) is 0 Å². The first kappa shape index (κ1) is 13.5. The van der Waals surface area contributed by atoms with Crippen molar-refractivity contribution < 1.29 is 0 Å². The lowest BCUT2D eigenvalue weighted by Gasteiger charge is -2.47. The van der Waals surface area contributed by atoms with Crippen LogP contribution in [-0.2, 0) is 0 Å². The molecule has 3 heterocycles. The third kappa shape index (κ3) is 2.71. The predicted molar refractivity (Wildman–Crippen MR) is 80.6 cm³/mol. The average Bonchev–Trinajstić information content (AvgIpc) is 2.77. The van der Waals surface area contributed by atoms with Crippen molar-refractivity contribution in [3.8, 4) is 0 Å². The van der Waals surface area contributed by atoms with Gasteiger partial charge < -0.3 is 10.2 Å². The van der Waals surface area contributed by atoms with Crippen molar-refractivity contribution in [2.75, 3.05) is 7.05 Å². The van der Waals surface area contributed by atoms with Crippen LogP contribution in [0.15, 0.2) is 5.51 Å². The van der Waals surface area contributed by atoms with Gasteiger partial charge in [0.2, 0.25) is 0 Å². The van der Waals surface area contributed by atoms with E-state index >= 15 is 0 Å². The van der Waals surface area contributed by atoms with Gasteiger partial charge in [-0.05, 0) is 46.6 Å². The van der Waals surface area contributed by atoms with Crippen molar-refractivity contribution in [3.05, 3.63) is 16.1 Å². The molecule has 19 heavy (non-hydrogen) atoms. The molecule has 0 aliphatic carbocycles. The molecule has 3 atom stereocenters. The number of aryl methyl sites for hydroxylation is 1. The number of aromatic nitrogens is 1. The Morgan fingerprint density at radius 3 is 2.63 bits per heavy atom. The summed E-state index contributed by atoms with van der Waals surface area (Å²) in [6.45, 7) is 4.40. The maximum Gasteiger partial charge on any atom is 0.0798 e. The Labute approximate surface area is 120 Å². The number of thiazole rings is 1. The summed E-state index contributed by atoms with van der Waals surface area (Å²) in [7, 11) is 2.32. The molecular formula is C15H25N3S. The number of nitrogens with one attached hydrogen (secondary N) is 1. The average molecular weight is 279 g/mol. The van der Waals surface area contributed by atoms with E-state index in [4.69, 9.17) is 0 Å². The zero-order chi connectivity index (χ0) is 13.4. The lowest BCUT2D eigenvalue weighted by molar-refractivity contribution is 0.0463. The Bertz CT molecular complexity index is 417. The molecule has 2 aliphatic rings. The van der Waals surface area contributed by atoms with Gasteiger partial charge in [0, 0.05) is 29.0 Å². The molecule has 0 spiro atoms. The first-order valence-electron chi connectivity index (χ1n) is 7.53. The fourth-order valence-electron chi connectivity index (χ4n) is 3.91. The molecule has 3 rings (SSSR count). The highest BCUT2D eigenvalue weighted by molar-refractivity contribution is 7.09. The van der Waals surface area contributed by atoms with Crippen molar-refractivity contribution in [3.63, 3.8) is 0 Å². The molecule has 2 fully saturated rings. The highest BCUT2D eigenvalue weighted by atomic mass is 32.1. The summed E-state index contributed by atoms with van der Waals surface area (Å²) in [6.07, 6.45) is 6.83. The van der Waals surface area contributed by atoms with E-state index in [2.05, 4.69) is 36.1 Å². The summed E-state index contributed by atoms with van der Waals surface area (Å²) in [5, 5.41) is 3.85. The molecule has 1 aromatic heterocycles.